The number of likely N-dealkylation sites (tertiary alicyclic amines) is 1. The third kappa shape index (κ3) is 6.05. The van der Waals surface area contributed by atoms with E-state index in [0.717, 1.165) is 60.1 Å². The molecule has 2 atom stereocenters. The van der Waals surface area contributed by atoms with Crippen LogP contribution in [0.15, 0.2) is 66.2 Å². The number of hydrogen-bond donors (Lipinski definition) is 2. The van der Waals surface area contributed by atoms with E-state index in [9.17, 15) is 14.7 Å². The highest BCUT2D eigenvalue weighted by molar-refractivity contribution is 7.16. The Bertz CT molecular complexity index is 1530. The maximum Gasteiger partial charge on any atom is 0.292 e. The van der Waals surface area contributed by atoms with E-state index >= 15 is 0 Å². The highest BCUT2D eigenvalue weighted by Gasteiger charge is 2.30. The molecule has 40 heavy (non-hydrogen) atoms. The molecule has 7 nitrogen and oxygen atoms in total. The van der Waals surface area contributed by atoms with E-state index in [-0.39, 0.29) is 6.10 Å². The fourth-order valence-corrected chi connectivity index (χ4v) is 6.03. The number of carbonyl (C=O) groups is 2. The molecule has 9 heteroatoms. The average molecular weight is 576 g/mol. The van der Waals surface area contributed by atoms with E-state index in [4.69, 9.17) is 16.3 Å². The molecule has 0 radical (unpaired) electrons. The molecule has 1 aliphatic heterocycles. The van der Waals surface area contributed by atoms with Crippen LogP contribution in [-0.2, 0) is 4.79 Å². The normalized spacial score (nSPS) is 17.1. The summed E-state index contributed by atoms with van der Waals surface area (Å²) in [4.78, 5) is 32.8. The predicted molar refractivity (Wildman–Crippen MR) is 157 cm³/mol. The number of halogens is 1. The van der Waals surface area contributed by atoms with Gasteiger partial charge in [0.25, 0.3) is 5.91 Å². The molecule has 2 unspecified atom stereocenters. The number of thiazole rings is 1. The summed E-state index contributed by atoms with van der Waals surface area (Å²) >= 11 is 8.02. The van der Waals surface area contributed by atoms with Crippen LogP contribution in [0, 0.1) is 0 Å². The standard InChI is InChI=1S/C31H30ClN3O4S/c32-24-15-22(8-12-27(24)39-23-9-10-23)29(36)26(17-35-13-1-2-14-35)34-31(38)30(37)20-5-3-19(4-6-20)21-7-11-25-28(16-21)40-18-33-25/h3-8,11-12,15-16,18,23,26,29,36H,1-2,9-10,13-14,17H2,(H,34,38). The van der Waals surface area contributed by atoms with E-state index in [1.54, 1.807) is 41.7 Å². The van der Waals surface area contributed by atoms with Crippen LogP contribution in [0.1, 0.15) is 47.7 Å². The first-order chi connectivity index (χ1) is 19.4. The zero-order chi connectivity index (χ0) is 27.6. The minimum atomic E-state index is -1.05. The Hall–Kier alpha value is -3.30. The molecule has 2 fully saturated rings. The van der Waals surface area contributed by atoms with Crippen LogP contribution >= 0.6 is 22.9 Å². The summed E-state index contributed by atoms with van der Waals surface area (Å²) in [6, 6.07) is 17.6. The zero-order valence-electron chi connectivity index (χ0n) is 21.9. The topological polar surface area (TPSA) is 91.8 Å². The van der Waals surface area contributed by atoms with Crippen molar-refractivity contribution in [1.29, 1.82) is 0 Å². The smallest absolute Gasteiger partial charge is 0.292 e. The van der Waals surface area contributed by atoms with Gasteiger partial charge in [-0.3, -0.25) is 9.59 Å². The molecule has 206 valence electrons. The summed E-state index contributed by atoms with van der Waals surface area (Å²) in [5, 5.41) is 14.6. The summed E-state index contributed by atoms with van der Waals surface area (Å²) in [5.41, 5.74) is 5.58. The Labute approximate surface area is 241 Å². The van der Waals surface area contributed by atoms with Crippen molar-refractivity contribution in [3.63, 3.8) is 0 Å². The van der Waals surface area contributed by atoms with Gasteiger partial charge in [0.05, 0.1) is 32.9 Å². The Morgan fingerprint density at radius 3 is 2.52 bits per heavy atom. The number of hydrogen-bond acceptors (Lipinski definition) is 7. The molecule has 1 saturated heterocycles. The molecule has 0 bridgehead atoms. The Kier molecular flexibility index (Phi) is 7.85. The SMILES string of the molecule is O=C(NC(CN1CCCC1)C(O)c1ccc(OC2CC2)c(Cl)c1)C(=O)c1ccc(-c2ccc3ncsc3c2)cc1. The minimum Gasteiger partial charge on any atom is -0.489 e. The molecule has 0 spiro atoms. The van der Waals surface area contributed by atoms with Crippen LogP contribution in [0.5, 0.6) is 5.75 Å². The third-order valence-corrected chi connectivity index (χ3v) is 8.57. The predicted octanol–water partition coefficient (Wildman–Crippen LogP) is 5.65. The number of nitrogens with one attached hydrogen (secondary N) is 1. The van der Waals surface area contributed by atoms with Gasteiger partial charge in [-0.15, -0.1) is 11.3 Å². The van der Waals surface area contributed by atoms with Crippen molar-refractivity contribution in [2.45, 2.75) is 43.9 Å². The molecule has 3 aromatic carbocycles. The number of carbonyl (C=O) groups excluding carboxylic acids is 2. The Morgan fingerprint density at radius 1 is 1.05 bits per heavy atom. The maximum absolute atomic E-state index is 13.1. The van der Waals surface area contributed by atoms with Gasteiger partial charge in [-0.25, -0.2) is 4.98 Å². The first-order valence-corrected chi connectivity index (χ1v) is 14.9. The van der Waals surface area contributed by atoms with Crippen LogP contribution in [0.25, 0.3) is 21.3 Å². The van der Waals surface area contributed by atoms with Crippen LogP contribution in [0.4, 0.5) is 0 Å². The van der Waals surface area contributed by atoms with Crippen molar-refractivity contribution in [3.8, 4) is 16.9 Å². The van der Waals surface area contributed by atoms with Gasteiger partial charge in [-0.05, 0) is 79.7 Å². The van der Waals surface area contributed by atoms with Crippen LogP contribution in [0.2, 0.25) is 5.02 Å². The highest BCUT2D eigenvalue weighted by atomic mass is 35.5. The molecule has 2 aliphatic rings. The molecule has 1 aliphatic carbocycles. The second-order valence-corrected chi connectivity index (χ2v) is 11.8. The fraction of sp³-hybridized carbons (Fsp3) is 0.323. The van der Waals surface area contributed by atoms with Crippen molar-refractivity contribution in [2.24, 2.45) is 0 Å². The van der Waals surface area contributed by atoms with Gasteiger partial charge in [0, 0.05) is 12.1 Å². The van der Waals surface area contributed by atoms with Crippen molar-refractivity contribution in [1.82, 2.24) is 15.2 Å². The summed E-state index contributed by atoms with van der Waals surface area (Å²) in [6.45, 7) is 2.20. The van der Waals surface area contributed by atoms with Gasteiger partial charge in [-0.2, -0.15) is 0 Å². The summed E-state index contributed by atoms with van der Waals surface area (Å²) in [7, 11) is 0. The maximum atomic E-state index is 13.1. The lowest BCUT2D eigenvalue weighted by Gasteiger charge is -2.28. The summed E-state index contributed by atoms with van der Waals surface area (Å²) in [6.07, 6.45) is 3.33. The molecular formula is C31H30ClN3O4S. The van der Waals surface area contributed by atoms with Gasteiger partial charge in [0.2, 0.25) is 5.78 Å². The van der Waals surface area contributed by atoms with Gasteiger partial charge in [0.1, 0.15) is 11.9 Å². The largest absolute Gasteiger partial charge is 0.489 e. The molecule has 6 rings (SSSR count). The van der Waals surface area contributed by atoms with Crippen LogP contribution in [-0.4, -0.2) is 58.5 Å². The van der Waals surface area contributed by atoms with Crippen LogP contribution in [0.3, 0.4) is 0 Å². The number of aliphatic hydroxyl groups is 1. The van der Waals surface area contributed by atoms with Crippen molar-refractivity contribution >= 4 is 44.8 Å². The van der Waals surface area contributed by atoms with E-state index in [2.05, 4.69) is 21.3 Å². The van der Waals surface area contributed by atoms with Gasteiger partial charge in [0.15, 0.2) is 0 Å². The molecule has 2 N–H and O–H groups in total. The number of fused-ring (bicyclic) bond motifs is 1. The Morgan fingerprint density at radius 2 is 1.80 bits per heavy atom. The van der Waals surface area contributed by atoms with E-state index in [0.29, 0.717) is 28.4 Å². The Balaban J connectivity index is 1.16. The van der Waals surface area contributed by atoms with Crippen molar-refractivity contribution in [2.75, 3.05) is 19.6 Å². The monoisotopic (exact) mass is 575 g/mol. The highest BCUT2D eigenvalue weighted by Crippen LogP contribution is 2.34. The lowest BCUT2D eigenvalue weighted by molar-refractivity contribution is -0.118. The average Bonchev–Trinajstić information content (AvgIpc) is 3.41. The first-order valence-electron chi connectivity index (χ1n) is 13.6. The van der Waals surface area contributed by atoms with Crippen molar-refractivity contribution < 1.29 is 19.4 Å². The summed E-state index contributed by atoms with van der Waals surface area (Å²) < 4.78 is 6.91. The number of Topliss-reactive ketones (excluding diaryl/α,β-unsaturated/α-hetero) is 1. The third-order valence-electron chi connectivity index (χ3n) is 7.48. The van der Waals surface area contributed by atoms with Gasteiger partial charge in [-0.1, -0.05) is 48.0 Å². The fourth-order valence-electron chi connectivity index (χ4n) is 5.08. The van der Waals surface area contributed by atoms with Crippen molar-refractivity contribution in [3.05, 3.63) is 82.3 Å². The number of rotatable bonds is 10. The minimum absolute atomic E-state index is 0.206. The summed E-state index contributed by atoms with van der Waals surface area (Å²) in [5.74, 6) is -0.804. The lowest BCUT2D eigenvalue weighted by Crippen LogP contribution is -2.48. The molecule has 1 aromatic heterocycles. The quantitative estimate of drug-likeness (QED) is 0.187. The molecular weight excluding hydrogens is 546 g/mol. The lowest BCUT2D eigenvalue weighted by atomic mass is 10.00. The molecule has 4 aromatic rings. The number of ketones is 1. The number of benzene rings is 3. The molecule has 1 saturated carbocycles. The molecule has 2 heterocycles. The number of amides is 1. The molecule has 1 amide bonds. The number of nitrogens with zero attached hydrogens (tertiary/aromatic N) is 2. The first kappa shape index (κ1) is 26.9. The van der Waals surface area contributed by atoms with E-state index in [1.165, 1.54) is 0 Å². The number of aromatic nitrogens is 1. The van der Waals surface area contributed by atoms with Gasteiger partial charge < -0.3 is 20.1 Å². The zero-order valence-corrected chi connectivity index (χ0v) is 23.5. The second-order valence-electron chi connectivity index (χ2n) is 10.5. The van der Waals surface area contributed by atoms with E-state index in [1.807, 2.05) is 29.8 Å². The van der Waals surface area contributed by atoms with Crippen LogP contribution < -0.4 is 10.1 Å². The van der Waals surface area contributed by atoms with Gasteiger partial charge >= 0.3 is 0 Å². The second kappa shape index (κ2) is 11.7. The number of aliphatic hydroxyl groups excluding tert-OH is 1. The van der Waals surface area contributed by atoms with E-state index < -0.39 is 23.8 Å². The number of ether oxygens (including phenoxy) is 1.